The lowest BCUT2D eigenvalue weighted by atomic mass is 9.99. The van der Waals surface area contributed by atoms with Crippen molar-refractivity contribution in [3.63, 3.8) is 0 Å². The molecule has 1 aliphatic heterocycles. The van der Waals surface area contributed by atoms with Crippen LogP contribution < -0.4 is 16.0 Å². The summed E-state index contributed by atoms with van der Waals surface area (Å²) >= 11 is 6.70. The highest BCUT2D eigenvalue weighted by Gasteiger charge is 2.47. The third-order valence-electron chi connectivity index (χ3n) is 6.53. The Morgan fingerprint density at radius 1 is 1.34 bits per heavy atom. The average Bonchev–Trinajstić information content (AvgIpc) is 3.51. The fourth-order valence-corrected chi connectivity index (χ4v) is 4.92. The Hall–Kier alpha value is -2.90. The summed E-state index contributed by atoms with van der Waals surface area (Å²) in [7, 11) is 1.68. The van der Waals surface area contributed by atoms with E-state index in [2.05, 4.69) is 33.2 Å². The number of aliphatic imine (C=N–C) groups is 1. The molecule has 1 atom stereocenters. The van der Waals surface area contributed by atoms with E-state index in [1.807, 2.05) is 6.20 Å². The molecule has 1 aromatic carbocycles. The molecule has 0 bridgehead atoms. The van der Waals surface area contributed by atoms with Gasteiger partial charge in [0.15, 0.2) is 5.65 Å². The molecule has 32 heavy (non-hydrogen) atoms. The van der Waals surface area contributed by atoms with E-state index in [0.717, 1.165) is 29.7 Å². The maximum Gasteiger partial charge on any atom is 0.161 e. The third kappa shape index (κ3) is 3.55. The van der Waals surface area contributed by atoms with Crippen LogP contribution in [0, 0.1) is 6.92 Å². The molecular weight excluding hydrogens is 424 g/mol. The normalized spacial score (nSPS) is 19.9. The Morgan fingerprint density at radius 3 is 2.84 bits per heavy atom. The average molecular weight is 451 g/mol. The van der Waals surface area contributed by atoms with Gasteiger partial charge in [-0.15, -0.1) is 0 Å². The van der Waals surface area contributed by atoms with E-state index < -0.39 is 0 Å². The predicted octanol–water partition coefficient (Wildman–Crippen LogP) is 3.93. The van der Waals surface area contributed by atoms with Crippen molar-refractivity contribution in [3.05, 3.63) is 40.5 Å². The van der Waals surface area contributed by atoms with Crippen LogP contribution >= 0.6 is 11.6 Å². The quantitative estimate of drug-likeness (QED) is 0.413. The summed E-state index contributed by atoms with van der Waals surface area (Å²) in [5, 5.41) is 15.8. The molecule has 3 aromatic rings. The Morgan fingerprint density at radius 2 is 2.12 bits per heavy atom. The summed E-state index contributed by atoms with van der Waals surface area (Å²) in [6.07, 6.45) is 5.97. The first-order valence-corrected chi connectivity index (χ1v) is 11.2. The summed E-state index contributed by atoms with van der Waals surface area (Å²) in [4.78, 5) is 15.8. The van der Waals surface area contributed by atoms with Crippen molar-refractivity contribution in [2.24, 2.45) is 4.99 Å². The third-order valence-corrected chi connectivity index (χ3v) is 6.84. The van der Waals surface area contributed by atoms with Crippen LogP contribution in [0.15, 0.2) is 29.4 Å². The van der Waals surface area contributed by atoms with Crippen LogP contribution in [0.25, 0.3) is 22.3 Å². The number of hydrogen-bond acceptors (Lipinski definition) is 7. The molecule has 4 N–H and O–H groups in total. The van der Waals surface area contributed by atoms with Gasteiger partial charge in [-0.05, 0) is 44.9 Å². The van der Waals surface area contributed by atoms with Crippen LogP contribution in [0.3, 0.4) is 0 Å². The molecule has 5 rings (SSSR count). The zero-order valence-electron chi connectivity index (χ0n) is 18.5. The molecule has 1 saturated heterocycles. The fraction of sp³-hybridized carbons (Fsp3) is 0.375. The number of phenolic OH excluding ortho intramolecular Hbond substituents is 1. The van der Waals surface area contributed by atoms with Crippen molar-refractivity contribution in [1.82, 2.24) is 15.3 Å². The number of fused-ring (bicyclic) bond motifs is 1. The summed E-state index contributed by atoms with van der Waals surface area (Å²) in [6, 6.07) is 6.05. The van der Waals surface area contributed by atoms with Crippen molar-refractivity contribution in [1.29, 1.82) is 0 Å². The van der Waals surface area contributed by atoms with Crippen LogP contribution in [0.1, 0.15) is 30.9 Å². The van der Waals surface area contributed by atoms with E-state index >= 15 is 0 Å². The number of nitrogen functional groups attached to an aromatic ring is 1. The van der Waals surface area contributed by atoms with Gasteiger partial charge in [0.1, 0.15) is 5.75 Å². The highest BCUT2D eigenvalue weighted by molar-refractivity contribution is 6.35. The SMILES string of the molecule is CN=Cc1cc(-c2cc(Cl)c3cc(N4CC(C)NC5(CC5)C4)cnc3n2)c(O)c(C)c1N. The van der Waals surface area contributed by atoms with Crippen molar-refractivity contribution in [2.45, 2.75) is 38.3 Å². The molecule has 166 valence electrons. The minimum atomic E-state index is 0.0832. The zero-order valence-corrected chi connectivity index (χ0v) is 19.2. The second-order valence-electron chi connectivity index (χ2n) is 9.05. The zero-order chi connectivity index (χ0) is 22.6. The molecule has 8 heteroatoms. The number of halogens is 1. The smallest absolute Gasteiger partial charge is 0.161 e. The Bertz CT molecular complexity index is 1250. The maximum atomic E-state index is 10.7. The molecule has 1 unspecified atom stereocenters. The number of aromatic hydroxyl groups is 1. The van der Waals surface area contributed by atoms with Crippen LogP contribution in [0.4, 0.5) is 11.4 Å². The number of benzene rings is 1. The molecule has 1 saturated carbocycles. The molecule has 7 nitrogen and oxygen atoms in total. The van der Waals surface area contributed by atoms with Gasteiger partial charge in [-0.3, -0.25) is 4.99 Å². The summed E-state index contributed by atoms with van der Waals surface area (Å²) in [6.45, 7) is 5.90. The van der Waals surface area contributed by atoms with Gasteiger partial charge >= 0.3 is 0 Å². The number of phenols is 1. The number of aromatic nitrogens is 2. The second kappa shape index (κ2) is 7.60. The Balaban J connectivity index is 1.56. The number of nitrogens with zero attached hydrogens (tertiary/aromatic N) is 4. The highest BCUT2D eigenvalue weighted by atomic mass is 35.5. The number of nitrogens with one attached hydrogen (secondary N) is 1. The van der Waals surface area contributed by atoms with E-state index in [9.17, 15) is 5.11 Å². The van der Waals surface area contributed by atoms with Gasteiger partial charge < -0.3 is 21.1 Å². The summed E-state index contributed by atoms with van der Waals surface area (Å²) in [5.74, 6) is 0.0832. The van der Waals surface area contributed by atoms with E-state index in [0.29, 0.717) is 39.2 Å². The minimum Gasteiger partial charge on any atom is -0.507 e. The van der Waals surface area contributed by atoms with E-state index in [1.54, 1.807) is 32.3 Å². The molecule has 2 aromatic heterocycles. The Kier molecular flexibility index (Phi) is 4.98. The molecule has 0 radical (unpaired) electrons. The molecule has 2 fully saturated rings. The van der Waals surface area contributed by atoms with Crippen molar-refractivity contribution in [3.8, 4) is 17.0 Å². The van der Waals surface area contributed by atoms with Gasteiger partial charge in [-0.1, -0.05) is 11.6 Å². The first kappa shape index (κ1) is 21.0. The maximum absolute atomic E-state index is 10.7. The van der Waals surface area contributed by atoms with E-state index in [1.165, 1.54) is 12.8 Å². The molecule has 0 amide bonds. The number of nitrogens with two attached hydrogens (primary N) is 1. The number of anilines is 2. The lowest BCUT2D eigenvalue weighted by Gasteiger charge is -2.39. The number of piperazine rings is 1. The Labute approximate surface area is 192 Å². The standard InChI is InChI=1S/C24H27ClN6O/c1-13-11-31(12-24(30-13)4-5-24)16-7-17-19(25)8-20(29-23(17)28-10-16)18-6-15(9-27-3)21(26)14(2)22(18)32/h6-10,13,30,32H,4-5,11-12,26H2,1-3H3. The van der Waals surface area contributed by atoms with Crippen LogP contribution in [0.2, 0.25) is 5.02 Å². The highest BCUT2D eigenvalue weighted by Crippen LogP contribution is 2.41. The van der Waals surface area contributed by atoms with Gasteiger partial charge in [0.05, 0.1) is 22.6 Å². The fourth-order valence-electron chi connectivity index (χ4n) is 4.68. The number of rotatable bonds is 3. The molecular formula is C24H27ClN6O. The van der Waals surface area contributed by atoms with Gasteiger partial charge in [0.2, 0.25) is 0 Å². The lowest BCUT2D eigenvalue weighted by Crippen LogP contribution is -2.57. The van der Waals surface area contributed by atoms with E-state index in [4.69, 9.17) is 22.3 Å². The molecule has 2 aliphatic rings. The monoisotopic (exact) mass is 450 g/mol. The van der Waals surface area contributed by atoms with Gasteiger partial charge in [0.25, 0.3) is 0 Å². The number of pyridine rings is 2. The summed E-state index contributed by atoms with van der Waals surface area (Å²) < 4.78 is 0. The largest absolute Gasteiger partial charge is 0.507 e. The van der Waals surface area contributed by atoms with Crippen molar-refractivity contribution >= 4 is 40.2 Å². The number of hydrogen-bond donors (Lipinski definition) is 3. The topological polar surface area (TPSA) is 99.7 Å². The van der Waals surface area contributed by atoms with Gasteiger partial charge in [-0.2, -0.15) is 0 Å². The van der Waals surface area contributed by atoms with Crippen molar-refractivity contribution < 1.29 is 5.11 Å². The second-order valence-corrected chi connectivity index (χ2v) is 9.46. The minimum absolute atomic E-state index is 0.0832. The first-order valence-electron chi connectivity index (χ1n) is 10.8. The van der Waals surface area contributed by atoms with Crippen LogP contribution in [-0.4, -0.2) is 53.0 Å². The lowest BCUT2D eigenvalue weighted by molar-refractivity contribution is 0.372. The predicted molar refractivity (Wildman–Crippen MR) is 131 cm³/mol. The molecule has 3 heterocycles. The first-order chi connectivity index (χ1) is 15.3. The van der Waals surface area contributed by atoms with Crippen molar-refractivity contribution in [2.75, 3.05) is 30.8 Å². The molecule has 1 aliphatic carbocycles. The van der Waals surface area contributed by atoms with Gasteiger partial charge in [-0.25, -0.2) is 9.97 Å². The van der Waals surface area contributed by atoms with E-state index in [-0.39, 0.29) is 11.3 Å². The van der Waals surface area contributed by atoms with Gasteiger partial charge in [0, 0.05) is 65.7 Å². The van der Waals surface area contributed by atoms with Crippen LogP contribution in [0.5, 0.6) is 5.75 Å². The molecule has 1 spiro atoms. The summed E-state index contributed by atoms with van der Waals surface area (Å²) in [5.41, 5.74) is 10.9. The van der Waals surface area contributed by atoms with Crippen LogP contribution in [-0.2, 0) is 0 Å².